The van der Waals surface area contributed by atoms with E-state index in [0.717, 1.165) is 21.8 Å². The predicted molar refractivity (Wildman–Crippen MR) is 89.5 cm³/mol. The summed E-state index contributed by atoms with van der Waals surface area (Å²) in [6.07, 6.45) is 3.34. The standard InChI is InChI=1S/C17H16N2O3S/c1-3-9-19-14-7-5-4-6-13(14)18-17(19)23-11-12-8-10-22-15(12)16(20)21-2/h3-8,10H,1,9,11H2,2H3. The Morgan fingerprint density at radius 2 is 2.26 bits per heavy atom. The van der Waals surface area contributed by atoms with Crippen LogP contribution in [0.15, 0.2) is 58.8 Å². The molecule has 0 aliphatic rings. The number of rotatable bonds is 6. The van der Waals surface area contributed by atoms with E-state index in [4.69, 9.17) is 9.15 Å². The van der Waals surface area contributed by atoms with Crippen LogP contribution in [0.1, 0.15) is 16.1 Å². The first kappa shape index (κ1) is 15.4. The molecule has 1 aromatic carbocycles. The lowest BCUT2D eigenvalue weighted by molar-refractivity contribution is 0.0564. The molecular weight excluding hydrogens is 312 g/mol. The zero-order valence-electron chi connectivity index (χ0n) is 12.7. The zero-order valence-corrected chi connectivity index (χ0v) is 13.5. The highest BCUT2D eigenvalue weighted by Gasteiger charge is 2.17. The number of ether oxygens (including phenoxy) is 1. The largest absolute Gasteiger partial charge is 0.463 e. The molecule has 0 saturated carbocycles. The van der Waals surface area contributed by atoms with Crippen LogP contribution in [0, 0.1) is 0 Å². The Bertz CT molecular complexity index is 851. The van der Waals surface area contributed by atoms with E-state index in [0.29, 0.717) is 12.3 Å². The van der Waals surface area contributed by atoms with E-state index in [-0.39, 0.29) is 5.76 Å². The molecule has 0 aliphatic heterocycles. The van der Waals surface area contributed by atoms with E-state index in [1.807, 2.05) is 30.3 Å². The average molecular weight is 328 g/mol. The minimum Gasteiger partial charge on any atom is -0.463 e. The van der Waals surface area contributed by atoms with Crippen LogP contribution in [0.3, 0.4) is 0 Å². The van der Waals surface area contributed by atoms with E-state index in [1.165, 1.54) is 13.4 Å². The van der Waals surface area contributed by atoms with Crippen LogP contribution < -0.4 is 0 Å². The summed E-state index contributed by atoms with van der Waals surface area (Å²) in [4.78, 5) is 16.3. The summed E-state index contributed by atoms with van der Waals surface area (Å²) in [6.45, 7) is 4.49. The normalized spacial score (nSPS) is 10.8. The molecule has 0 N–H and O–H groups in total. The fraction of sp³-hybridized carbons (Fsp3) is 0.176. The van der Waals surface area contributed by atoms with Crippen LogP contribution in [-0.2, 0) is 17.0 Å². The molecule has 0 saturated heterocycles. The Labute approximate surface area is 138 Å². The highest BCUT2D eigenvalue weighted by molar-refractivity contribution is 7.98. The smallest absolute Gasteiger partial charge is 0.374 e. The Balaban J connectivity index is 1.87. The summed E-state index contributed by atoms with van der Waals surface area (Å²) in [5, 5.41) is 0.878. The molecule has 0 amide bonds. The summed E-state index contributed by atoms with van der Waals surface area (Å²) in [6, 6.07) is 9.75. The quantitative estimate of drug-likeness (QED) is 0.390. The van der Waals surface area contributed by atoms with Crippen molar-refractivity contribution in [1.29, 1.82) is 0 Å². The van der Waals surface area contributed by atoms with Crippen LogP contribution in [0.4, 0.5) is 0 Å². The summed E-state index contributed by atoms with van der Waals surface area (Å²) >= 11 is 1.55. The van der Waals surface area contributed by atoms with Crippen LogP contribution in [0.25, 0.3) is 11.0 Å². The minimum absolute atomic E-state index is 0.242. The van der Waals surface area contributed by atoms with Gasteiger partial charge in [-0.1, -0.05) is 30.0 Å². The van der Waals surface area contributed by atoms with Gasteiger partial charge in [0.2, 0.25) is 5.76 Å². The first-order valence-corrected chi connectivity index (χ1v) is 8.06. The Hall–Kier alpha value is -2.47. The van der Waals surface area contributed by atoms with E-state index < -0.39 is 5.97 Å². The SMILES string of the molecule is C=CCn1c(SCc2ccoc2C(=O)OC)nc2ccccc21. The van der Waals surface area contributed by atoms with Gasteiger partial charge in [0.05, 0.1) is 24.4 Å². The number of methoxy groups -OCH3 is 1. The van der Waals surface area contributed by atoms with Crippen LogP contribution in [0.5, 0.6) is 0 Å². The third-order valence-electron chi connectivity index (χ3n) is 3.41. The number of allylic oxidation sites excluding steroid dienone is 1. The molecule has 0 radical (unpaired) electrons. The van der Waals surface area contributed by atoms with Crippen molar-refractivity contribution in [2.24, 2.45) is 0 Å². The van der Waals surface area contributed by atoms with Gasteiger partial charge in [0, 0.05) is 17.9 Å². The Kier molecular flexibility index (Phi) is 4.52. The second-order valence-electron chi connectivity index (χ2n) is 4.84. The molecule has 0 atom stereocenters. The topological polar surface area (TPSA) is 57.3 Å². The molecule has 3 rings (SSSR count). The predicted octanol–water partition coefficient (Wildman–Crippen LogP) is 3.89. The van der Waals surface area contributed by atoms with Crippen molar-refractivity contribution < 1.29 is 13.9 Å². The molecule has 0 spiro atoms. The number of benzene rings is 1. The second-order valence-corrected chi connectivity index (χ2v) is 5.78. The maximum absolute atomic E-state index is 11.7. The lowest BCUT2D eigenvalue weighted by atomic mass is 10.3. The van der Waals surface area contributed by atoms with Gasteiger partial charge in [-0.3, -0.25) is 0 Å². The van der Waals surface area contributed by atoms with E-state index in [1.54, 1.807) is 17.8 Å². The molecule has 3 aromatic rings. The zero-order chi connectivity index (χ0) is 16.2. The summed E-state index contributed by atoms with van der Waals surface area (Å²) in [7, 11) is 1.34. The number of furan rings is 1. The molecule has 0 fully saturated rings. The fourth-order valence-electron chi connectivity index (χ4n) is 2.33. The fourth-order valence-corrected chi connectivity index (χ4v) is 3.34. The van der Waals surface area contributed by atoms with E-state index >= 15 is 0 Å². The van der Waals surface area contributed by atoms with Gasteiger partial charge in [-0.2, -0.15) is 0 Å². The maximum Gasteiger partial charge on any atom is 0.374 e. The number of para-hydroxylation sites is 2. The molecule has 118 valence electrons. The van der Waals surface area contributed by atoms with Crippen molar-refractivity contribution in [2.45, 2.75) is 17.5 Å². The second kappa shape index (κ2) is 6.75. The Morgan fingerprint density at radius 1 is 1.43 bits per heavy atom. The van der Waals surface area contributed by atoms with Gasteiger partial charge in [0.1, 0.15) is 0 Å². The van der Waals surface area contributed by atoms with Gasteiger partial charge in [-0.15, -0.1) is 6.58 Å². The van der Waals surface area contributed by atoms with E-state index in [2.05, 4.69) is 16.1 Å². The van der Waals surface area contributed by atoms with Crippen LogP contribution >= 0.6 is 11.8 Å². The van der Waals surface area contributed by atoms with Crippen molar-refractivity contribution in [1.82, 2.24) is 9.55 Å². The molecular formula is C17H16N2O3S. The minimum atomic E-state index is -0.467. The number of carbonyl (C=O) groups is 1. The number of nitrogens with zero attached hydrogens (tertiary/aromatic N) is 2. The number of hydrogen-bond donors (Lipinski definition) is 0. The van der Waals surface area contributed by atoms with Crippen molar-refractivity contribution >= 4 is 28.8 Å². The number of esters is 1. The summed E-state index contributed by atoms with van der Waals surface area (Å²) in [5.74, 6) is 0.345. The lowest BCUT2D eigenvalue weighted by Gasteiger charge is -2.06. The van der Waals surface area contributed by atoms with Gasteiger partial charge in [0.25, 0.3) is 0 Å². The number of carbonyl (C=O) groups excluding carboxylic acids is 1. The van der Waals surface area contributed by atoms with Gasteiger partial charge < -0.3 is 13.7 Å². The molecule has 0 unspecified atom stereocenters. The van der Waals surface area contributed by atoms with E-state index in [9.17, 15) is 4.79 Å². The third kappa shape index (κ3) is 3.03. The first-order valence-electron chi connectivity index (χ1n) is 7.08. The Morgan fingerprint density at radius 3 is 3.04 bits per heavy atom. The lowest BCUT2D eigenvalue weighted by Crippen LogP contribution is -2.03. The molecule has 6 heteroatoms. The molecule has 23 heavy (non-hydrogen) atoms. The van der Waals surface area contributed by atoms with Gasteiger partial charge in [-0.05, 0) is 18.2 Å². The van der Waals surface area contributed by atoms with Crippen molar-refractivity contribution in [3.63, 3.8) is 0 Å². The van der Waals surface area contributed by atoms with Gasteiger partial charge in [-0.25, -0.2) is 9.78 Å². The highest BCUT2D eigenvalue weighted by Crippen LogP contribution is 2.28. The van der Waals surface area contributed by atoms with Crippen molar-refractivity contribution in [3.05, 3.63) is 60.6 Å². The maximum atomic E-state index is 11.7. The van der Waals surface area contributed by atoms with Crippen molar-refractivity contribution in [2.75, 3.05) is 7.11 Å². The van der Waals surface area contributed by atoms with Gasteiger partial charge >= 0.3 is 5.97 Å². The molecule has 0 aliphatic carbocycles. The number of aromatic nitrogens is 2. The number of imidazole rings is 1. The number of hydrogen-bond acceptors (Lipinski definition) is 5. The molecule has 0 bridgehead atoms. The monoisotopic (exact) mass is 328 g/mol. The molecule has 2 heterocycles. The molecule has 5 nitrogen and oxygen atoms in total. The third-order valence-corrected chi connectivity index (χ3v) is 4.43. The van der Waals surface area contributed by atoms with Gasteiger partial charge in [0.15, 0.2) is 5.16 Å². The summed E-state index contributed by atoms with van der Waals surface area (Å²) in [5.41, 5.74) is 2.80. The van der Waals surface area contributed by atoms with Crippen LogP contribution in [-0.4, -0.2) is 22.6 Å². The number of thioether (sulfide) groups is 1. The summed E-state index contributed by atoms with van der Waals surface area (Å²) < 4.78 is 12.0. The number of fused-ring (bicyclic) bond motifs is 1. The van der Waals surface area contributed by atoms with Crippen LogP contribution in [0.2, 0.25) is 0 Å². The van der Waals surface area contributed by atoms with Crippen molar-refractivity contribution in [3.8, 4) is 0 Å². The first-order chi connectivity index (χ1) is 11.2. The average Bonchev–Trinajstić information content (AvgIpc) is 3.17. The highest BCUT2D eigenvalue weighted by atomic mass is 32.2. The molecule has 2 aromatic heterocycles.